The highest BCUT2D eigenvalue weighted by molar-refractivity contribution is 6.32. The van der Waals surface area contributed by atoms with Gasteiger partial charge in [0.2, 0.25) is 0 Å². The number of benzene rings is 2. The van der Waals surface area contributed by atoms with Crippen molar-refractivity contribution >= 4 is 23.2 Å². The topological polar surface area (TPSA) is 80.9 Å². The molecule has 0 spiro atoms. The number of aliphatic hydroxyl groups excluding tert-OH is 1. The fraction of sp³-hybridized carbons (Fsp3) is 0.150. The zero-order chi connectivity index (χ0) is 19.4. The van der Waals surface area contributed by atoms with Crippen LogP contribution in [-0.4, -0.2) is 25.2 Å². The van der Waals surface area contributed by atoms with Crippen molar-refractivity contribution in [2.75, 3.05) is 19.5 Å². The molecule has 0 fully saturated rings. The van der Waals surface area contributed by atoms with Crippen molar-refractivity contribution in [3.05, 3.63) is 64.9 Å². The number of ether oxygens (including phenoxy) is 2. The summed E-state index contributed by atoms with van der Waals surface area (Å²) in [5.74, 6) is 1.68. The molecule has 7 heteroatoms. The lowest BCUT2D eigenvalue weighted by molar-refractivity contribution is 0.102. The van der Waals surface area contributed by atoms with Crippen LogP contribution < -0.4 is 14.8 Å². The Bertz CT molecular complexity index is 967. The number of aliphatic hydroxyl groups is 1. The average Bonchev–Trinajstić information content (AvgIpc) is 3.17. The number of anilines is 1. The van der Waals surface area contributed by atoms with Crippen LogP contribution in [0.25, 0.3) is 11.3 Å². The number of carbonyl (C=O) groups excluding carboxylic acids is 1. The largest absolute Gasteiger partial charge is 0.495 e. The maximum Gasteiger partial charge on any atom is 0.255 e. The van der Waals surface area contributed by atoms with Crippen LogP contribution in [-0.2, 0) is 6.61 Å². The van der Waals surface area contributed by atoms with E-state index < -0.39 is 0 Å². The lowest BCUT2D eigenvalue weighted by Crippen LogP contribution is -2.12. The second kappa shape index (κ2) is 8.16. The highest BCUT2D eigenvalue weighted by Gasteiger charge is 2.14. The van der Waals surface area contributed by atoms with Crippen molar-refractivity contribution in [3.8, 4) is 22.8 Å². The Labute approximate surface area is 161 Å². The number of methoxy groups -OCH3 is 2. The highest BCUT2D eigenvalue weighted by Crippen LogP contribution is 2.32. The molecule has 0 aliphatic carbocycles. The van der Waals surface area contributed by atoms with Gasteiger partial charge in [-0.25, -0.2) is 0 Å². The van der Waals surface area contributed by atoms with Crippen LogP contribution in [0.2, 0.25) is 5.02 Å². The molecule has 0 aliphatic heterocycles. The van der Waals surface area contributed by atoms with Gasteiger partial charge in [0.1, 0.15) is 29.6 Å². The summed E-state index contributed by atoms with van der Waals surface area (Å²) in [6.07, 6.45) is 0. The van der Waals surface area contributed by atoms with Gasteiger partial charge in [-0.15, -0.1) is 0 Å². The molecular weight excluding hydrogens is 370 g/mol. The van der Waals surface area contributed by atoms with Crippen molar-refractivity contribution < 1.29 is 23.8 Å². The van der Waals surface area contributed by atoms with Crippen molar-refractivity contribution in [3.63, 3.8) is 0 Å². The Balaban J connectivity index is 1.89. The molecule has 0 radical (unpaired) electrons. The summed E-state index contributed by atoms with van der Waals surface area (Å²) in [5, 5.41) is 12.3. The fourth-order valence-corrected chi connectivity index (χ4v) is 2.84. The normalized spacial score (nSPS) is 10.5. The molecule has 27 heavy (non-hydrogen) atoms. The van der Waals surface area contributed by atoms with Crippen molar-refractivity contribution in [2.45, 2.75) is 6.61 Å². The summed E-state index contributed by atoms with van der Waals surface area (Å²) >= 11 is 6.09. The number of rotatable bonds is 6. The van der Waals surface area contributed by atoms with E-state index in [1.165, 1.54) is 20.3 Å². The molecule has 2 N–H and O–H groups in total. The van der Waals surface area contributed by atoms with Crippen LogP contribution in [0.1, 0.15) is 16.1 Å². The molecule has 0 aliphatic rings. The molecule has 0 saturated heterocycles. The second-order valence-corrected chi connectivity index (χ2v) is 6.05. The smallest absolute Gasteiger partial charge is 0.255 e. The van der Waals surface area contributed by atoms with Gasteiger partial charge >= 0.3 is 0 Å². The first-order chi connectivity index (χ1) is 13.0. The van der Waals surface area contributed by atoms with Gasteiger partial charge in [-0.1, -0.05) is 11.6 Å². The number of halogens is 1. The quantitative estimate of drug-likeness (QED) is 0.656. The molecule has 140 valence electrons. The van der Waals surface area contributed by atoms with Gasteiger partial charge in [0, 0.05) is 11.1 Å². The fourth-order valence-electron chi connectivity index (χ4n) is 2.58. The highest BCUT2D eigenvalue weighted by atomic mass is 35.5. The zero-order valence-corrected chi connectivity index (χ0v) is 15.5. The van der Waals surface area contributed by atoms with Crippen molar-refractivity contribution in [2.24, 2.45) is 0 Å². The molecule has 3 rings (SSSR count). The van der Waals surface area contributed by atoms with Crippen LogP contribution in [0, 0.1) is 0 Å². The molecular formula is C20H18ClNO5. The predicted molar refractivity (Wildman–Crippen MR) is 103 cm³/mol. The molecule has 0 unspecified atom stereocenters. The van der Waals surface area contributed by atoms with Gasteiger partial charge < -0.3 is 24.3 Å². The summed E-state index contributed by atoms with van der Waals surface area (Å²) in [7, 11) is 3.03. The van der Waals surface area contributed by atoms with Crippen LogP contribution in [0.3, 0.4) is 0 Å². The first-order valence-corrected chi connectivity index (χ1v) is 8.46. The molecule has 3 aromatic rings. The summed E-state index contributed by atoms with van der Waals surface area (Å²) in [6.45, 7) is -0.183. The standard InChI is InChI=1S/C20H18ClNO5/c1-25-18-6-4-13(9-15(18)21)20(24)22-16-10-12(3-7-19(16)26-2)17-8-5-14(11-23)27-17/h3-10,23H,11H2,1-2H3,(H,22,24). The van der Waals surface area contributed by atoms with E-state index in [9.17, 15) is 4.79 Å². The van der Waals surface area contributed by atoms with Crippen molar-refractivity contribution in [1.82, 2.24) is 0 Å². The summed E-state index contributed by atoms with van der Waals surface area (Å²) < 4.78 is 16.0. The van der Waals surface area contributed by atoms with E-state index in [0.717, 1.165) is 5.56 Å². The molecule has 1 aromatic heterocycles. The van der Waals surface area contributed by atoms with E-state index in [4.69, 9.17) is 30.6 Å². The maximum atomic E-state index is 12.6. The second-order valence-electron chi connectivity index (χ2n) is 5.64. The van der Waals surface area contributed by atoms with E-state index in [0.29, 0.717) is 39.3 Å². The Morgan fingerprint density at radius 1 is 1.07 bits per heavy atom. The minimum absolute atomic E-state index is 0.183. The van der Waals surface area contributed by atoms with Gasteiger partial charge in [0.25, 0.3) is 5.91 Å². The Morgan fingerprint density at radius 2 is 1.81 bits per heavy atom. The number of carbonyl (C=O) groups is 1. The molecule has 0 bridgehead atoms. The van der Waals surface area contributed by atoms with Crippen LogP contribution in [0.5, 0.6) is 11.5 Å². The van der Waals surface area contributed by atoms with E-state index in [1.807, 2.05) is 0 Å². The van der Waals surface area contributed by atoms with Crippen LogP contribution in [0.4, 0.5) is 5.69 Å². The minimum Gasteiger partial charge on any atom is -0.495 e. The Hall–Kier alpha value is -2.96. The predicted octanol–water partition coefficient (Wildman–Crippen LogP) is 4.36. The Kier molecular flexibility index (Phi) is 5.69. The lowest BCUT2D eigenvalue weighted by Gasteiger charge is -2.12. The summed E-state index contributed by atoms with van der Waals surface area (Å²) in [4.78, 5) is 12.6. The maximum absolute atomic E-state index is 12.6. The third kappa shape index (κ3) is 4.07. The SMILES string of the molecule is COc1ccc(C(=O)Nc2cc(-c3ccc(CO)o3)ccc2OC)cc1Cl. The zero-order valence-electron chi connectivity index (χ0n) is 14.8. The lowest BCUT2D eigenvalue weighted by atomic mass is 10.1. The summed E-state index contributed by atoms with van der Waals surface area (Å²) in [6, 6.07) is 13.5. The Morgan fingerprint density at radius 3 is 2.44 bits per heavy atom. The third-order valence-corrected chi connectivity index (χ3v) is 4.26. The molecule has 6 nitrogen and oxygen atoms in total. The molecule has 1 amide bonds. The molecule has 2 aromatic carbocycles. The van der Waals surface area contributed by atoms with Crippen molar-refractivity contribution in [1.29, 1.82) is 0 Å². The number of amides is 1. The third-order valence-electron chi connectivity index (χ3n) is 3.96. The summed E-state index contributed by atoms with van der Waals surface area (Å²) in [5.41, 5.74) is 1.60. The molecule has 0 atom stereocenters. The van der Waals surface area contributed by atoms with E-state index in [2.05, 4.69) is 5.32 Å². The number of hydrogen-bond donors (Lipinski definition) is 2. The number of nitrogens with one attached hydrogen (secondary N) is 1. The number of furan rings is 1. The molecule has 1 heterocycles. The van der Waals surface area contributed by atoms with Gasteiger partial charge in [-0.05, 0) is 48.5 Å². The van der Waals surface area contributed by atoms with Gasteiger partial charge in [-0.3, -0.25) is 4.79 Å². The van der Waals surface area contributed by atoms with E-state index >= 15 is 0 Å². The average molecular weight is 388 g/mol. The molecule has 0 saturated carbocycles. The van der Waals surface area contributed by atoms with E-state index in [-0.39, 0.29) is 12.5 Å². The first-order valence-electron chi connectivity index (χ1n) is 8.08. The van der Waals surface area contributed by atoms with Gasteiger partial charge in [0.05, 0.1) is 24.9 Å². The van der Waals surface area contributed by atoms with Gasteiger partial charge in [0.15, 0.2) is 0 Å². The monoisotopic (exact) mass is 387 g/mol. The van der Waals surface area contributed by atoms with Gasteiger partial charge in [-0.2, -0.15) is 0 Å². The van der Waals surface area contributed by atoms with E-state index in [1.54, 1.807) is 42.5 Å². The van der Waals surface area contributed by atoms with Crippen LogP contribution >= 0.6 is 11.6 Å². The van der Waals surface area contributed by atoms with Crippen LogP contribution in [0.15, 0.2) is 52.9 Å². The minimum atomic E-state index is -0.342. The first kappa shape index (κ1) is 18.8. The number of hydrogen-bond acceptors (Lipinski definition) is 5.